The fraction of sp³-hybridized carbons (Fsp3) is 0.857. The van der Waals surface area contributed by atoms with E-state index in [1.165, 1.54) is 0 Å². The Kier molecular flexibility index (Phi) is 2.66. The Morgan fingerprint density at radius 3 is 2.42 bits per heavy atom. The third-order valence-electron chi connectivity index (χ3n) is 2.20. The van der Waals surface area contributed by atoms with Crippen LogP contribution in [-0.2, 0) is 9.53 Å². The summed E-state index contributed by atoms with van der Waals surface area (Å²) in [5.74, 6) is -1.26. The van der Waals surface area contributed by atoms with Crippen molar-refractivity contribution < 1.29 is 19.7 Å². The molecule has 0 aliphatic carbocycles. The molecule has 4 N–H and O–H groups in total. The van der Waals surface area contributed by atoms with Gasteiger partial charge in [0.25, 0.3) is 0 Å². The van der Waals surface area contributed by atoms with Crippen LogP contribution in [0.2, 0.25) is 0 Å². The Hall–Kier alpha value is -0.650. The smallest absolute Gasteiger partial charge is 0.334 e. The molecule has 1 aliphatic heterocycles. The molecule has 0 radical (unpaired) electrons. The van der Waals surface area contributed by atoms with Crippen molar-refractivity contribution in [3.63, 3.8) is 0 Å². The van der Waals surface area contributed by atoms with Gasteiger partial charge in [0.2, 0.25) is 0 Å². The Labute approximate surface area is 70.1 Å². The predicted octanol–water partition coefficient (Wildman–Crippen LogP) is -1.06. The van der Waals surface area contributed by atoms with Gasteiger partial charge in [-0.05, 0) is 12.8 Å². The zero-order valence-corrected chi connectivity index (χ0v) is 6.69. The third kappa shape index (κ3) is 1.74. The minimum atomic E-state index is -1.48. The molecule has 5 nitrogen and oxygen atoms in total. The van der Waals surface area contributed by atoms with Crippen LogP contribution in [0.15, 0.2) is 0 Å². The molecule has 0 aromatic rings. The van der Waals surface area contributed by atoms with E-state index < -0.39 is 17.6 Å². The maximum Gasteiger partial charge on any atom is 0.334 e. The first-order valence-electron chi connectivity index (χ1n) is 3.84. The minimum Gasteiger partial charge on any atom is -0.479 e. The number of hydrogen-bond acceptors (Lipinski definition) is 4. The van der Waals surface area contributed by atoms with Gasteiger partial charge >= 0.3 is 5.97 Å². The van der Waals surface area contributed by atoms with Crippen molar-refractivity contribution in [1.82, 2.24) is 0 Å². The van der Waals surface area contributed by atoms with Gasteiger partial charge in [-0.1, -0.05) is 0 Å². The standard InChI is InChI=1S/C7H13NO4/c8-7(5(9)6(10)11)1-3-12-4-2-7/h5,9H,1-4,8H2,(H,10,11). The highest BCUT2D eigenvalue weighted by molar-refractivity contribution is 5.73. The van der Waals surface area contributed by atoms with Crippen LogP contribution < -0.4 is 5.73 Å². The Morgan fingerprint density at radius 1 is 1.50 bits per heavy atom. The number of rotatable bonds is 2. The van der Waals surface area contributed by atoms with E-state index in [9.17, 15) is 9.90 Å². The molecule has 1 atom stereocenters. The van der Waals surface area contributed by atoms with Gasteiger partial charge in [0.05, 0.1) is 5.54 Å². The van der Waals surface area contributed by atoms with E-state index in [1.807, 2.05) is 0 Å². The number of aliphatic hydroxyl groups excluding tert-OH is 1. The van der Waals surface area contributed by atoms with Gasteiger partial charge in [-0.15, -0.1) is 0 Å². The summed E-state index contributed by atoms with van der Waals surface area (Å²) in [5.41, 5.74) is 4.68. The number of ether oxygens (including phenoxy) is 1. The lowest BCUT2D eigenvalue weighted by molar-refractivity contribution is -0.152. The van der Waals surface area contributed by atoms with Gasteiger partial charge in [0.15, 0.2) is 6.10 Å². The highest BCUT2D eigenvalue weighted by Gasteiger charge is 2.39. The van der Waals surface area contributed by atoms with Crippen molar-refractivity contribution in [3.05, 3.63) is 0 Å². The van der Waals surface area contributed by atoms with Gasteiger partial charge in [-0.2, -0.15) is 0 Å². The summed E-state index contributed by atoms with van der Waals surface area (Å²) in [5, 5.41) is 17.8. The number of carboxylic acid groups (broad SMARTS) is 1. The van der Waals surface area contributed by atoms with E-state index in [4.69, 9.17) is 15.6 Å². The summed E-state index contributed by atoms with van der Waals surface area (Å²) in [6.07, 6.45) is -0.706. The van der Waals surface area contributed by atoms with Gasteiger partial charge < -0.3 is 20.7 Å². The fourth-order valence-electron chi connectivity index (χ4n) is 1.27. The molecule has 5 heteroatoms. The van der Waals surface area contributed by atoms with Crippen LogP contribution in [0.4, 0.5) is 0 Å². The number of aliphatic hydroxyl groups is 1. The number of aliphatic carboxylic acids is 1. The highest BCUT2D eigenvalue weighted by Crippen LogP contribution is 2.21. The molecule has 1 fully saturated rings. The lowest BCUT2D eigenvalue weighted by atomic mass is 9.85. The molecule has 1 saturated heterocycles. The molecule has 0 saturated carbocycles. The van der Waals surface area contributed by atoms with E-state index in [-0.39, 0.29) is 0 Å². The second-order valence-electron chi connectivity index (χ2n) is 3.09. The molecule has 1 heterocycles. The maximum absolute atomic E-state index is 10.4. The first-order chi connectivity index (χ1) is 5.56. The van der Waals surface area contributed by atoms with Crippen molar-refractivity contribution in [3.8, 4) is 0 Å². The number of carboxylic acids is 1. The van der Waals surface area contributed by atoms with E-state index >= 15 is 0 Å². The van der Waals surface area contributed by atoms with Crippen LogP contribution in [0.1, 0.15) is 12.8 Å². The van der Waals surface area contributed by atoms with Crippen molar-refractivity contribution in [1.29, 1.82) is 0 Å². The summed E-state index contributed by atoms with van der Waals surface area (Å²) in [4.78, 5) is 10.4. The maximum atomic E-state index is 10.4. The molecular weight excluding hydrogens is 162 g/mol. The first-order valence-corrected chi connectivity index (χ1v) is 3.84. The Balaban J connectivity index is 2.62. The topological polar surface area (TPSA) is 92.8 Å². The minimum absolute atomic E-state index is 0.389. The molecule has 0 spiro atoms. The largest absolute Gasteiger partial charge is 0.479 e. The number of carbonyl (C=O) groups is 1. The molecule has 0 amide bonds. The molecule has 1 unspecified atom stereocenters. The van der Waals surface area contributed by atoms with Crippen LogP contribution in [0.25, 0.3) is 0 Å². The zero-order valence-electron chi connectivity index (χ0n) is 6.69. The average molecular weight is 175 g/mol. The van der Waals surface area contributed by atoms with Crippen molar-refractivity contribution in [2.75, 3.05) is 13.2 Å². The van der Waals surface area contributed by atoms with Crippen LogP contribution in [0.3, 0.4) is 0 Å². The second-order valence-corrected chi connectivity index (χ2v) is 3.09. The van der Waals surface area contributed by atoms with Gasteiger partial charge in [0.1, 0.15) is 0 Å². The van der Waals surface area contributed by atoms with E-state index in [2.05, 4.69) is 0 Å². The summed E-state index contributed by atoms with van der Waals surface area (Å²) < 4.78 is 5.01. The number of hydrogen-bond donors (Lipinski definition) is 3. The normalized spacial score (nSPS) is 24.8. The van der Waals surface area contributed by atoms with E-state index in [0.29, 0.717) is 26.1 Å². The average Bonchev–Trinajstić information content (AvgIpc) is 2.04. The van der Waals surface area contributed by atoms with Crippen LogP contribution in [0, 0.1) is 0 Å². The fourth-order valence-corrected chi connectivity index (χ4v) is 1.27. The summed E-state index contributed by atoms with van der Waals surface area (Å²) in [6, 6.07) is 0. The summed E-state index contributed by atoms with van der Waals surface area (Å²) >= 11 is 0. The molecule has 0 bridgehead atoms. The van der Waals surface area contributed by atoms with Gasteiger partial charge in [0, 0.05) is 13.2 Å². The molecule has 1 rings (SSSR count). The van der Waals surface area contributed by atoms with Crippen molar-refractivity contribution in [2.24, 2.45) is 5.73 Å². The van der Waals surface area contributed by atoms with E-state index in [1.54, 1.807) is 0 Å². The molecular formula is C7H13NO4. The molecule has 0 aromatic heterocycles. The monoisotopic (exact) mass is 175 g/mol. The van der Waals surface area contributed by atoms with E-state index in [0.717, 1.165) is 0 Å². The quantitative estimate of drug-likeness (QED) is 0.497. The van der Waals surface area contributed by atoms with Gasteiger partial charge in [-0.25, -0.2) is 4.79 Å². The van der Waals surface area contributed by atoms with Crippen LogP contribution in [-0.4, -0.2) is 41.0 Å². The summed E-state index contributed by atoms with van der Waals surface area (Å²) in [7, 11) is 0. The lowest BCUT2D eigenvalue weighted by Gasteiger charge is -2.35. The van der Waals surface area contributed by atoms with Crippen LogP contribution in [0.5, 0.6) is 0 Å². The molecule has 0 aromatic carbocycles. The molecule has 1 aliphatic rings. The predicted molar refractivity (Wildman–Crippen MR) is 40.6 cm³/mol. The lowest BCUT2D eigenvalue weighted by Crippen LogP contribution is -2.57. The van der Waals surface area contributed by atoms with Crippen molar-refractivity contribution in [2.45, 2.75) is 24.5 Å². The SMILES string of the molecule is NC1(C(O)C(=O)O)CCOCC1. The van der Waals surface area contributed by atoms with Crippen molar-refractivity contribution >= 4 is 5.97 Å². The number of nitrogens with two attached hydrogens (primary N) is 1. The second kappa shape index (κ2) is 3.38. The Bertz CT molecular complexity index is 176. The Morgan fingerprint density at radius 2 is 2.00 bits per heavy atom. The van der Waals surface area contributed by atoms with Crippen LogP contribution >= 0.6 is 0 Å². The zero-order chi connectivity index (χ0) is 9.19. The van der Waals surface area contributed by atoms with Gasteiger partial charge in [-0.3, -0.25) is 0 Å². The molecule has 12 heavy (non-hydrogen) atoms. The summed E-state index contributed by atoms with van der Waals surface area (Å²) in [6.45, 7) is 0.835. The highest BCUT2D eigenvalue weighted by atomic mass is 16.5. The first kappa shape index (κ1) is 9.44. The molecule has 70 valence electrons. The third-order valence-corrected chi connectivity index (χ3v) is 2.20.